The van der Waals surface area contributed by atoms with E-state index in [1.807, 2.05) is 0 Å². The van der Waals surface area contributed by atoms with Crippen LogP contribution in [0.3, 0.4) is 0 Å². The van der Waals surface area contributed by atoms with E-state index < -0.39 is 23.8 Å². The molecule has 2 heterocycles. The first kappa shape index (κ1) is 20.5. The van der Waals surface area contributed by atoms with Crippen LogP contribution in [-0.2, 0) is 9.59 Å². The van der Waals surface area contributed by atoms with Crippen molar-refractivity contribution in [3.8, 4) is 0 Å². The van der Waals surface area contributed by atoms with Gasteiger partial charge in [0.25, 0.3) is 11.8 Å². The van der Waals surface area contributed by atoms with Gasteiger partial charge in [0.15, 0.2) is 0 Å². The quantitative estimate of drug-likeness (QED) is 0.712. The van der Waals surface area contributed by atoms with Gasteiger partial charge in [0.1, 0.15) is 6.04 Å². The van der Waals surface area contributed by atoms with Crippen molar-refractivity contribution < 1.29 is 24.3 Å². The minimum Gasteiger partial charge on any atom is -0.480 e. The third-order valence-corrected chi connectivity index (χ3v) is 6.56. The minimum absolute atomic E-state index is 0.00615. The molecule has 0 unspecified atom stereocenters. The number of carboxylic acids is 1. The second kappa shape index (κ2) is 8.55. The van der Waals surface area contributed by atoms with Gasteiger partial charge in [0.05, 0.1) is 11.1 Å². The monoisotopic (exact) mass is 413 g/mol. The van der Waals surface area contributed by atoms with Gasteiger partial charge in [-0.25, -0.2) is 4.79 Å². The Hall–Kier alpha value is -2.74. The predicted molar refractivity (Wildman–Crippen MR) is 108 cm³/mol. The van der Waals surface area contributed by atoms with Crippen LogP contribution in [0.15, 0.2) is 24.3 Å². The number of rotatable bonds is 6. The van der Waals surface area contributed by atoms with Crippen molar-refractivity contribution >= 4 is 23.7 Å². The summed E-state index contributed by atoms with van der Waals surface area (Å²) in [4.78, 5) is 54.7. The number of hydrogen-bond donors (Lipinski definition) is 1. The van der Waals surface area contributed by atoms with Crippen LogP contribution < -0.4 is 0 Å². The smallest absolute Gasteiger partial charge is 0.326 e. The zero-order valence-corrected chi connectivity index (χ0v) is 17.0. The number of benzene rings is 1. The van der Waals surface area contributed by atoms with E-state index in [0.29, 0.717) is 19.1 Å². The summed E-state index contributed by atoms with van der Waals surface area (Å²) in [5, 5.41) is 9.65. The molecule has 3 amide bonds. The molecule has 1 atom stereocenters. The first-order chi connectivity index (χ1) is 14.5. The summed E-state index contributed by atoms with van der Waals surface area (Å²) in [5.41, 5.74) is 0.422. The number of carbonyl (C=O) groups is 4. The maximum Gasteiger partial charge on any atom is 0.326 e. The van der Waals surface area contributed by atoms with E-state index >= 15 is 0 Å². The molecule has 1 saturated heterocycles. The number of carbonyl (C=O) groups excluding carboxylic acids is 3. The maximum atomic E-state index is 12.7. The number of aliphatic carboxylic acids is 1. The number of fused-ring (bicyclic) bond motifs is 1. The second-order valence-electron chi connectivity index (χ2n) is 8.27. The normalized spacial score (nSPS) is 21.2. The van der Waals surface area contributed by atoms with Crippen LogP contribution in [0.25, 0.3) is 0 Å². The topological polar surface area (TPSA) is 98.2 Å². The summed E-state index contributed by atoms with van der Waals surface area (Å²) in [7, 11) is 0. The van der Waals surface area contributed by atoms with Crippen molar-refractivity contribution in [1.29, 1.82) is 0 Å². The minimum atomic E-state index is -1.35. The predicted octanol–water partition coefficient (Wildman–Crippen LogP) is 1.60. The molecule has 4 rings (SSSR count). The van der Waals surface area contributed by atoms with Gasteiger partial charge in [-0.2, -0.15) is 0 Å². The Morgan fingerprint density at radius 3 is 2.07 bits per heavy atom. The molecule has 0 bridgehead atoms. The average molecular weight is 413 g/mol. The molecule has 0 radical (unpaired) electrons. The molecule has 1 saturated carbocycles. The van der Waals surface area contributed by atoms with E-state index in [2.05, 4.69) is 4.90 Å². The third-order valence-electron chi connectivity index (χ3n) is 6.56. The second-order valence-corrected chi connectivity index (χ2v) is 8.27. The van der Waals surface area contributed by atoms with Gasteiger partial charge in [-0.1, -0.05) is 25.0 Å². The highest BCUT2D eigenvalue weighted by molar-refractivity contribution is 6.22. The Morgan fingerprint density at radius 1 is 0.967 bits per heavy atom. The van der Waals surface area contributed by atoms with E-state index in [1.165, 1.54) is 37.8 Å². The van der Waals surface area contributed by atoms with Crippen LogP contribution in [0.4, 0.5) is 0 Å². The maximum absolute atomic E-state index is 12.7. The molecule has 8 nitrogen and oxygen atoms in total. The molecule has 160 valence electrons. The van der Waals surface area contributed by atoms with Gasteiger partial charge in [-0.05, 0) is 31.4 Å². The highest BCUT2D eigenvalue weighted by Gasteiger charge is 2.43. The van der Waals surface area contributed by atoms with Gasteiger partial charge in [-0.15, -0.1) is 0 Å². The zero-order valence-electron chi connectivity index (χ0n) is 17.0. The molecular weight excluding hydrogens is 386 g/mol. The van der Waals surface area contributed by atoms with Crippen LogP contribution in [0.2, 0.25) is 0 Å². The van der Waals surface area contributed by atoms with Gasteiger partial charge in [-0.3, -0.25) is 24.2 Å². The van der Waals surface area contributed by atoms with Gasteiger partial charge in [0.2, 0.25) is 5.91 Å². The number of nitrogens with zero attached hydrogens (tertiary/aromatic N) is 3. The molecule has 3 aliphatic rings. The molecule has 2 fully saturated rings. The number of piperazine rings is 1. The number of imide groups is 1. The van der Waals surface area contributed by atoms with Crippen molar-refractivity contribution in [3.05, 3.63) is 35.4 Å². The third kappa shape index (κ3) is 3.84. The molecule has 0 aromatic heterocycles. The SMILES string of the molecule is O=C(O)[C@H](CCC(=O)N1CCN(C2CCCC2)CC1)N1C(=O)c2ccccc2C1=O. The number of amides is 3. The summed E-state index contributed by atoms with van der Waals surface area (Å²) in [5.74, 6) is -2.62. The fraction of sp³-hybridized carbons (Fsp3) is 0.545. The van der Waals surface area contributed by atoms with Crippen molar-refractivity contribution in [2.24, 2.45) is 0 Å². The largest absolute Gasteiger partial charge is 0.480 e. The molecule has 1 aromatic rings. The molecule has 1 N–H and O–H groups in total. The molecule has 0 spiro atoms. The van der Waals surface area contributed by atoms with Crippen LogP contribution in [0, 0.1) is 0 Å². The highest BCUT2D eigenvalue weighted by atomic mass is 16.4. The lowest BCUT2D eigenvalue weighted by atomic mass is 10.1. The van der Waals surface area contributed by atoms with E-state index in [4.69, 9.17) is 0 Å². The molecule has 1 aliphatic carbocycles. The van der Waals surface area contributed by atoms with E-state index in [9.17, 15) is 24.3 Å². The van der Waals surface area contributed by atoms with Crippen LogP contribution >= 0.6 is 0 Å². The summed E-state index contributed by atoms with van der Waals surface area (Å²) >= 11 is 0. The van der Waals surface area contributed by atoms with Crippen molar-refractivity contribution in [2.45, 2.75) is 50.6 Å². The Balaban J connectivity index is 1.35. The number of hydrogen-bond acceptors (Lipinski definition) is 5. The fourth-order valence-electron chi connectivity index (χ4n) is 4.88. The van der Waals surface area contributed by atoms with Crippen molar-refractivity contribution in [1.82, 2.24) is 14.7 Å². The zero-order chi connectivity index (χ0) is 21.3. The first-order valence-corrected chi connectivity index (χ1v) is 10.7. The summed E-state index contributed by atoms with van der Waals surface area (Å²) in [6, 6.07) is 5.59. The van der Waals surface area contributed by atoms with Gasteiger partial charge < -0.3 is 10.0 Å². The standard InChI is InChI=1S/C22H27N3O5/c26-19(24-13-11-23(12-14-24)15-5-1-2-6-15)10-9-18(22(29)30)25-20(27)16-7-3-4-8-17(16)21(25)28/h3-4,7-8,15,18H,1-2,5-6,9-14H2,(H,29,30)/t18-/m0/s1. The average Bonchev–Trinajstić information content (AvgIpc) is 3.37. The Kier molecular flexibility index (Phi) is 5.85. The lowest BCUT2D eigenvalue weighted by Gasteiger charge is -2.38. The summed E-state index contributed by atoms with van der Waals surface area (Å²) in [6.07, 6.45) is 4.93. The van der Waals surface area contributed by atoms with Crippen LogP contribution in [0.1, 0.15) is 59.2 Å². The molecular formula is C22H27N3O5. The van der Waals surface area contributed by atoms with Crippen LogP contribution in [-0.4, -0.2) is 81.8 Å². The molecule has 1 aromatic carbocycles. The molecule has 8 heteroatoms. The Morgan fingerprint density at radius 2 is 1.53 bits per heavy atom. The van der Waals surface area contributed by atoms with E-state index in [-0.39, 0.29) is 29.9 Å². The fourth-order valence-corrected chi connectivity index (χ4v) is 4.88. The lowest BCUT2D eigenvalue weighted by Crippen LogP contribution is -2.52. The summed E-state index contributed by atoms with van der Waals surface area (Å²) < 4.78 is 0. The Labute approximate surface area is 175 Å². The molecule has 2 aliphatic heterocycles. The summed E-state index contributed by atoms with van der Waals surface area (Å²) in [6.45, 7) is 2.97. The number of carboxylic acid groups (broad SMARTS) is 1. The first-order valence-electron chi connectivity index (χ1n) is 10.7. The lowest BCUT2D eigenvalue weighted by molar-refractivity contribution is -0.142. The highest BCUT2D eigenvalue weighted by Crippen LogP contribution is 2.27. The Bertz CT molecular complexity index is 821. The van der Waals surface area contributed by atoms with Crippen LogP contribution in [0.5, 0.6) is 0 Å². The molecule has 30 heavy (non-hydrogen) atoms. The van der Waals surface area contributed by atoms with E-state index in [1.54, 1.807) is 17.0 Å². The van der Waals surface area contributed by atoms with Gasteiger partial charge >= 0.3 is 5.97 Å². The van der Waals surface area contributed by atoms with Crippen molar-refractivity contribution in [3.63, 3.8) is 0 Å². The van der Waals surface area contributed by atoms with E-state index in [0.717, 1.165) is 18.0 Å². The van der Waals surface area contributed by atoms with Crippen molar-refractivity contribution in [2.75, 3.05) is 26.2 Å². The van der Waals surface area contributed by atoms with Gasteiger partial charge in [0, 0.05) is 38.6 Å².